The quantitative estimate of drug-likeness (QED) is 0.494. The molecule has 9 heteroatoms. The maximum Gasteiger partial charge on any atom is 0.287 e. The van der Waals surface area contributed by atoms with Gasteiger partial charge < -0.3 is 15.1 Å². The van der Waals surface area contributed by atoms with Gasteiger partial charge in [-0.15, -0.1) is 12.4 Å². The molecule has 0 bridgehead atoms. The van der Waals surface area contributed by atoms with Crippen molar-refractivity contribution in [1.82, 2.24) is 15.4 Å². The summed E-state index contributed by atoms with van der Waals surface area (Å²) in [6.45, 7) is 1.17. The summed E-state index contributed by atoms with van der Waals surface area (Å²) >= 11 is 0. The van der Waals surface area contributed by atoms with Gasteiger partial charge in [0.15, 0.2) is 5.76 Å². The molecule has 1 heterocycles. The van der Waals surface area contributed by atoms with Crippen molar-refractivity contribution in [3.8, 4) is 0 Å². The second-order valence-corrected chi connectivity index (χ2v) is 7.54. The molecule has 0 saturated heterocycles. The van der Waals surface area contributed by atoms with Crippen LogP contribution in [0.15, 0.2) is 21.6 Å². The third-order valence-electron chi connectivity index (χ3n) is 4.04. The van der Waals surface area contributed by atoms with Crippen LogP contribution in [0, 0.1) is 0 Å². The summed E-state index contributed by atoms with van der Waals surface area (Å²) in [5.74, 6) is -0.418. The highest BCUT2D eigenvalue weighted by Gasteiger charge is 2.19. The lowest BCUT2D eigenvalue weighted by atomic mass is 10.1. The standard InChI is InChI=1S/C15H25N3O4S.ClH/c1-16-23(20,21)14-9-8-13(22-14)15(19)18-11-10-17-12-6-4-2-3-5-7-12;/h8-9,12,16-17H,2-7,10-11H2,1H3,(H,18,19);1H. The molecule has 2 rings (SSSR count). The Morgan fingerprint density at radius 3 is 2.46 bits per heavy atom. The molecule has 24 heavy (non-hydrogen) atoms. The van der Waals surface area contributed by atoms with E-state index >= 15 is 0 Å². The molecule has 1 fully saturated rings. The first-order chi connectivity index (χ1) is 11.0. The first-order valence-corrected chi connectivity index (χ1v) is 9.56. The van der Waals surface area contributed by atoms with Crippen molar-refractivity contribution >= 4 is 28.3 Å². The van der Waals surface area contributed by atoms with Crippen LogP contribution in [0.3, 0.4) is 0 Å². The van der Waals surface area contributed by atoms with E-state index in [1.165, 1.54) is 57.7 Å². The Kier molecular flexibility index (Phi) is 8.75. The van der Waals surface area contributed by atoms with Gasteiger partial charge in [0.25, 0.3) is 15.9 Å². The average Bonchev–Trinajstić information content (AvgIpc) is 2.91. The maximum absolute atomic E-state index is 11.9. The molecule has 3 N–H and O–H groups in total. The Morgan fingerprint density at radius 1 is 1.17 bits per heavy atom. The van der Waals surface area contributed by atoms with E-state index in [1.54, 1.807) is 0 Å². The summed E-state index contributed by atoms with van der Waals surface area (Å²) in [6.07, 6.45) is 7.53. The molecule has 1 aromatic heterocycles. The second kappa shape index (κ2) is 10.0. The SMILES string of the molecule is CNS(=O)(=O)c1ccc(C(=O)NCCNC2CCCCCC2)o1.Cl. The molecule has 0 aromatic carbocycles. The molecular weight excluding hydrogens is 354 g/mol. The number of sulfonamides is 1. The predicted octanol–water partition coefficient (Wildman–Crippen LogP) is 1.65. The van der Waals surface area contributed by atoms with E-state index in [2.05, 4.69) is 15.4 Å². The van der Waals surface area contributed by atoms with Crippen molar-refractivity contribution in [1.29, 1.82) is 0 Å². The number of carbonyl (C=O) groups is 1. The number of nitrogens with one attached hydrogen (secondary N) is 3. The summed E-state index contributed by atoms with van der Waals surface area (Å²) in [6, 6.07) is 3.16. The average molecular weight is 380 g/mol. The maximum atomic E-state index is 11.9. The number of hydrogen-bond acceptors (Lipinski definition) is 5. The van der Waals surface area contributed by atoms with E-state index in [1.807, 2.05) is 0 Å². The van der Waals surface area contributed by atoms with Gasteiger partial charge in [0.2, 0.25) is 5.09 Å². The van der Waals surface area contributed by atoms with Gasteiger partial charge in [0, 0.05) is 19.1 Å². The van der Waals surface area contributed by atoms with Crippen molar-refractivity contribution in [3.63, 3.8) is 0 Å². The first-order valence-electron chi connectivity index (χ1n) is 8.08. The van der Waals surface area contributed by atoms with Gasteiger partial charge in [-0.2, -0.15) is 0 Å². The van der Waals surface area contributed by atoms with Crippen molar-refractivity contribution in [3.05, 3.63) is 17.9 Å². The Hall–Kier alpha value is -1.09. The third kappa shape index (κ3) is 6.08. The number of carbonyl (C=O) groups excluding carboxylic acids is 1. The highest BCUT2D eigenvalue weighted by atomic mass is 35.5. The Labute approximate surface area is 149 Å². The lowest BCUT2D eigenvalue weighted by Crippen LogP contribution is -2.36. The zero-order valence-corrected chi connectivity index (χ0v) is 15.5. The molecular formula is C15H26ClN3O4S. The van der Waals surface area contributed by atoms with Crippen LogP contribution in [0.4, 0.5) is 0 Å². The first kappa shape index (κ1) is 21.0. The lowest BCUT2D eigenvalue weighted by molar-refractivity contribution is 0.0920. The van der Waals surface area contributed by atoms with Crippen molar-refractivity contribution < 1.29 is 17.6 Å². The molecule has 0 atom stereocenters. The lowest BCUT2D eigenvalue weighted by Gasteiger charge is -2.16. The molecule has 0 spiro atoms. The number of hydrogen-bond donors (Lipinski definition) is 3. The topological polar surface area (TPSA) is 100 Å². The predicted molar refractivity (Wildman–Crippen MR) is 94.0 cm³/mol. The summed E-state index contributed by atoms with van der Waals surface area (Å²) in [5, 5.41) is 5.92. The number of rotatable bonds is 7. The fourth-order valence-corrected chi connectivity index (χ4v) is 3.36. The highest BCUT2D eigenvalue weighted by molar-refractivity contribution is 7.89. The van der Waals surface area contributed by atoms with Crippen LogP contribution in [0.2, 0.25) is 0 Å². The van der Waals surface area contributed by atoms with Crippen molar-refractivity contribution in [2.75, 3.05) is 20.1 Å². The fourth-order valence-electron chi connectivity index (χ4n) is 2.71. The van der Waals surface area contributed by atoms with Crippen LogP contribution in [-0.2, 0) is 10.0 Å². The summed E-state index contributed by atoms with van der Waals surface area (Å²) < 4.78 is 30.3. The fraction of sp³-hybridized carbons (Fsp3) is 0.667. The van der Waals surface area contributed by atoms with E-state index in [0.717, 1.165) is 0 Å². The Morgan fingerprint density at radius 2 is 1.83 bits per heavy atom. The van der Waals surface area contributed by atoms with Gasteiger partial charge in [0.05, 0.1) is 0 Å². The zero-order valence-electron chi connectivity index (χ0n) is 13.8. The normalized spacial score (nSPS) is 16.2. The molecule has 1 aliphatic carbocycles. The van der Waals surface area contributed by atoms with Gasteiger partial charge in [-0.05, 0) is 32.0 Å². The van der Waals surface area contributed by atoms with E-state index in [-0.39, 0.29) is 23.3 Å². The van der Waals surface area contributed by atoms with Crippen LogP contribution in [-0.4, -0.2) is 40.5 Å². The monoisotopic (exact) mass is 379 g/mol. The molecule has 1 saturated carbocycles. The highest BCUT2D eigenvalue weighted by Crippen LogP contribution is 2.17. The minimum absolute atomic E-state index is 0. The molecule has 1 aliphatic rings. The van der Waals surface area contributed by atoms with E-state index < -0.39 is 15.9 Å². The molecule has 0 unspecified atom stereocenters. The van der Waals surface area contributed by atoms with Gasteiger partial charge in [-0.25, -0.2) is 13.1 Å². The van der Waals surface area contributed by atoms with E-state index in [4.69, 9.17) is 4.42 Å². The van der Waals surface area contributed by atoms with E-state index in [0.29, 0.717) is 19.1 Å². The van der Waals surface area contributed by atoms with Crippen molar-refractivity contribution in [2.45, 2.75) is 49.7 Å². The Balaban J connectivity index is 0.00000288. The molecule has 1 amide bonds. The largest absolute Gasteiger partial charge is 0.438 e. The van der Waals surface area contributed by atoms with E-state index in [9.17, 15) is 13.2 Å². The van der Waals surface area contributed by atoms with Crippen molar-refractivity contribution in [2.24, 2.45) is 0 Å². The minimum atomic E-state index is -3.66. The van der Waals surface area contributed by atoms with Crippen LogP contribution in [0.5, 0.6) is 0 Å². The number of amides is 1. The smallest absolute Gasteiger partial charge is 0.287 e. The third-order valence-corrected chi connectivity index (χ3v) is 5.32. The molecule has 0 aliphatic heterocycles. The van der Waals surface area contributed by atoms with Crippen LogP contribution in [0.25, 0.3) is 0 Å². The van der Waals surface area contributed by atoms with Crippen LogP contribution < -0.4 is 15.4 Å². The molecule has 7 nitrogen and oxygen atoms in total. The Bertz CT molecular complexity index is 610. The molecule has 1 aromatic rings. The molecule has 138 valence electrons. The number of halogens is 1. The van der Waals surface area contributed by atoms with Gasteiger partial charge in [-0.1, -0.05) is 25.7 Å². The molecule has 0 radical (unpaired) electrons. The van der Waals surface area contributed by atoms with Crippen LogP contribution >= 0.6 is 12.4 Å². The second-order valence-electron chi connectivity index (χ2n) is 5.72. The van der Waals surface area contributed by atoms with Crippen LogP contribution in [0.1, 0.15) is 49.1 Å². The number of furan rings is 1. The summed E-state index contributed by atoms with van der Waals surface area (Å²) in [5.41, 5.74) is 0. The van der Waals surface area contributed by atoms with Gasteiger partial charge >= 0.3 is 0 Å². The summed E-state index contributed by atoms with van der Waals surface area (Å²) in [7, 11) is -2.37. The van der Waals surface area contributed by atoms with Gasteiger partial charge in [0.1, 0.15) is 0 Å². The van der Waals surface area contributed by atoms with Gasteiger partial charge in [-0.3, -0.25) is 4.79 Å². The minimum Gasteiger partial charge on any atom is -0.438 e. The summed E-state index contributed by atoms with van der Waals surface area (Å²) in [4.78, 5) is 11.9. The zero-order chi connectivity index (χ0) is 16.7.